The molecule has 5 rings (SSSR count). The van der Waals surface area contributed by atoms with Crippen LogP contribution < -0.4 is 5.32 Å². The van der Waals surface area contributed by atoms with Crippen molar-refractivity contribution in [3.63, 3.8) is 0 Å². The van der Waals surface area contributed by atoms with E-state index in [2.05, 4.69) is 5.32 Å². The zero-order valence-corrected chi connectivity index (χ0v) is 31.2. The van der Waals surface area contributed by atoms with E-state index in [-0.39, 0.29) is 0 Å². The van der Waals surface area contributed by atoms with E-state index in [1.807, 2.05) is 0 Å². The van der Waals surface area contributed by atoms with Crippen LogP contribution in [0, 0.1) is 0 Å². The molecule has 59 heavy (non-hydrogen) atoms. The summed E-state index contributed by atoms with van der Waals surface area (Å²) in [6.07, 6.45) is -44.4. The zero-order valence-electron chi connectivity index (χ0n) is 31.2. The SMILES string of the molecule is CC(=O)N[C@H]1[C@H](O[C@H]2[C@@H](O)[C@@H](CO)O[C@H](O[C@@H]3[C@H](O)[C@@H](O)[C@H](O[C@@H]4[C@H](O)[C@@H](O)C(O)O[C@@H]4CO)O[C@@H]3CO)[C@@H]2O)O[C@H](CO)[C@H](O)[C@@H]1O[C@@H]1O[C@H](CO)[C@H](O)[C@H](O)[C@H]1O. The highest BCUT2D eigenvalue weighted by Gasteiger charge is 2.57. The van der Waals surface area contributed by atoms with Gasteiger partial charge in [-0.1, -0.05) is 0 Å². The molecule has 5 fully saturated rings. The monoisotopic (exact) mass is 869 g/mol. The maximum atomic E-state index is 12.4. The molecule has 5 saturated heterocycles. The number of carbonyl (C=O) groups excluding carboxylic acids is 1. The molecule has 0 aromatic heterocycles. The van der Waals surface area contributed by atoms with Crippen LogP contribution in [-0.4, -0.2) is 274 Å². The van der Waals surface area contributed by atoms with E-state index >= 15 is 0 Å². The molecule has 0 aliphatic carbocycles. The summed E-state index contributed by atoms with van der Waals surface area (Å²) >= 11 is 0. The molecule has 1 unspecified atom stereocenters. The second-order valence-electron chi connectivity index (χ2n) is 14.7. The third-order valence-corrected chi connectivity index (χ3v) is 10.7. The number of hydrogen-bond acceptors (Lipinski definition) is 26. The predicted molar refractivity (Wildman–Crippen MR) is 178 cm³/mol. The molecule has 25 atom stereocenters. The van der Waals surface area contributed by atoms with Crippen molar-refractivity contribution >= 4 is 5.91 Å². The summed E-state index contributed by atoms with van der Waals surface area (Å²) in [5.74, 6) is -0.805. The van der Waals surface area contributed by atoms with Crippen molar-refractivity contribution < 1.29 is 129 Å². The van der Waals surface area contributed by atoms with Crippen molar-refractivity contribution in [2.45, 2.75) is 160 Å². The van der Waals surface area contributed by atoms with Gasteiger partial charge in [0.15, 0.2) is 31.5 Å². The molecule has 27 heteroatoms. The molecule has 0 spiro atoms. The van der Waals surface area contributed by atoms with E-state index in [0.717, 1.165) is 6.92 Å². The lowest BCUT2D eigenvalue weighted by Crippen LogP contribution is -2.70. The summed E-state index contributed by atoms with van der Waals surface area (Å²) in [7, 11) is 0. The number of nitrogens with one attached hydrogen (secondary N) is 1. The summed E-state index contributed by atoms with van der Waals surface area (Å²) < 4.78 is 50.1. The van der Waals surface area contributed by atoms with Crippen molar-refractivity contribution in [1.29, 1.82) is 0 Å². The Balaban J connectivity index is 1.35. The predicted octanol–water partition coefficient (Wildman–Crippen LogP) is -11.8. The van der Waals surface area contributed by atoms with Gasteiger partial charge in [-0.15, -0.1) is 0 Å². The first kappa shape index (κ1) is 48.5. The molecule has 27 nitrogen and oxygen atoms in total. The van der Waals surface area contributed by atoms with Crippen LogP contribution >= 0.6 is 0 Å². The van der Waals surface area contributed by atoms with Gasteiger partial charge in [0.25, 0.3) is 0 Å². The minimum absolute atomic E-state index is 0.805. The van der Waals surface area contributed by atoms with Gasteiger partial charge in [-0.05, 0) is 0 Å². The Hall–Kier alpha value is -1.53. The average Bonchev–Trinajstić information content (AvgIpc) is 3.21. The zero-order chi connectivity index (χ0) is 43.6. The number of amides is 1. The lowest BCUT2D eigenvalue weighted by atomic mass is 9.94. The first-order valence-corrected chi connectivity index (χ1v) is 18.6. The molecule has 0 saturated carbocycles. The van der Waals surface area contributed by atoms with Crippen molar-refractivity contribution in [1.82, 2.24) is 5.32 Å². The molecule has 0 aromatic carbocycles. The number of aliphatic hydroxyl groups is 16. The highest BCUT2D eigenvalue weighted by molar-refractivity contribution is 5.73. The van der Waals surface area contributed by atoms with Crippen LogP contribution in [0.2, 0.25) is 0 Å². The van der Waals surface area contributed by atoms with Gasteiger partial charge in [-0.3, -0.25) is 4.79 Å². The van der Waals surface area contributed by atoms with Gasteiger partial charge in [0, 0.05) is 6.92 Å². The second-order valence-corrected chi connectivity index (χ2v) is 14.7. The summed E-state index contributed by atoms with van der Waals surface area (Å²) in [5.41, 5.74) is 0. The molecule has 17 N–H and O–H groups in total. The largest absolute Gasteiger partial charge is 0.394 e. The highest BCUT2D eigenvalue weighted by atomic mass is 16.8. The quantitative estimate of drug-likeness (QED) is 0.0770. The fraction of sp³-hybridized carbons (Fsp3) is 0.969. The average molecular weight is 870 g/mol. The fourth-order valence-electron chi connectivity index (χ4n) is 7.43. The van der Waals surface area contributed by atoms with Crippen molar-refractivity contribution in [2.75, 3.05) is 33.0 Å². The van der Waals surface area contributed by atoms with Crippen LogP contribution in [0.1, 0.15) is 6.92 Å². The highest BCUT2D eigenvalue weighted by Crippen LogP contribution is 2.35. The van der Waals surface area contributed by atoms with Gasteiger partial charge in [0.1, 0.15) is 122 Å². The van der Waals surface area contributed by atoms with Gasteiger partial charge < -0.3 is 130 Å². The Morgan fingerprint density at radius 3 is 1.29 bits per heavy atom. The number of carbonyl (C=O) groups is 1. The van der Waals surface area contributed by atoms with Crippen molar-refractivity contribution in [2.24, 2.45) is 0 Å². The van der Waals surface area contributed by atoms with E-state index in [0.29, 0.717) is 0 Å². The molecule has 1 amide bonds. The lowest BCUT2D eigenvalue weighted by Gasteiger charge is -2.50. The maximum absolute atomic E-state index is 12.4. The fourth-order valence-corrected chi connectivity index (χ4v) is 7.43. The molecular formula is C32H55NO26. The summed E-state index contributed by atoms with van der Waals surface area (Å²) in [4.78, 5) is 12.4. The molecule has 0 bridgehead atoms. The maximum Gasteiger partial charge on any atom is 0.217 e. The first-order chi connectivity index (χ1) is 27.9. The van der Waals surface area contributed by atoms with Crippen LogP contribution in [0.5, 0.6) is 0 Å². The number of rotatable bonds is 14. The van der Waals surface area contributed by atoms with Crippen LogP contribution in [0.4, 0.5) is 0 Å². The topological polar surface area (TPSA) is 436 Å². The Morgan fingerprint density at radius 1 is 0.407 bits per heavy atom. The molecule has 5 aliphatic rings. The molecule has 0 aromatic rings. The van der Waals surface area contributed by atoms with E-state index in [4.69, 9.17) is 42.6 Å². The Kier molecular flexibility index (Phi) is 17.1. The van der Waals surface area contributed by atoms with Crippen molar-refractivity contribution in [3.05, 3.63) is 0 Å². The van der Waals surface area contributed by atoms with E-state index in [1.165, 1.54) is 0 Å². The van der Waals surface area contributed by atoms with Gasteiger partial charge in [-0.25, -0.2) is 0 Å². The number of hydrogen-bond donors (Lipinski definition) is 17. The normalized spacial score (nSPS) is 51.0. The minimum atomic E-state index is -2.15. The molecule has 5 heterocycles. The second kappa shape index (κ2) is 20.8. The number of aliphatic hydroxyl groups excluding tert-OH is 16. The van der Waals surface area contributed by atoms with Crippen LogP contribution in [0.3, 0.4) is 0 Å². The summed E-state index contributed by atoms with van der Waals surface area (Å²) in [5, 5.41) is 169. The Bertz CT molecular complexity index is 1320. The Labute approximate surface area is 333 Å². The van der Waals surface area contributed by atoms with Gasteiger partial charge in [-0.2, -0.15) is 0 Å². The third kappa shape index (κ3) is 10.2. The van der Waals surface area contributed by atoms with E-state index in [9.17, 15) is 86.5 Å². The Morgan fingerprint density at radius 2 is 0.780 bits per heavy atom. The van der Waals surface area contributed by atoms with E-state index in [1.54, 1.807) is 0 Å². The third-order valence-electron chi connectivity index (χ3n) is 10.7. The molecular weight excluding hydrogens is 814 g/mol. The summed E-state index contributed by atoms with van der Waals surface area (Å²) in [6, 6.07) is -1.67. The van der Waals surface area contributed by atoms with Crippen LogP contribution in [-0.2, 0) is 47.4 Å². The molecule has 0 radical (unpaired) electrons. The molecule has 5 aliphatic heterocycles. The molecule has 344 valence electrons. The van der Waals surface area contributed by atoms with Crippen LogP contribution in [0.15, 0.2) is 0 Å². The van der Waals surface area contributed by atoms with Gasteiger partial charge in [0.2, 0.25) is 5.91 Å². The lowest BCUT2D eigenvalue weighted by molar-refractivity contribution is -0.388. The standard InChI is InChI=1S/C32H55NO26/c1-7(39)33-13-26(58-30-21(47)17(43)14(40)8(2-34)53-30)15(41)9(3-35)52-29(13)59-27-16(42)10(4-36)54-32(23(27)49)57-25-12(6-38)55-31(22(48)19(25)45)56-24-11(5-37)51-28(50)20(46)18(24)44/h8-32,34-38,40-50H,2-6H2,1H3,(H,33,39)/t8-,9-,10-,11-,12-,13-,14+,15+,16+,17+,18-,19-,20-,21-,22-,23-,24+,25+,26-,27+,28?,29+,30+,31+,32-/m1/s1. The van der Waals surface area contributed by atoms with Crippen LogP contribution in [0.25, 0.3) is 0 Å². The summed E-state index contributed by atoms with van der Waals surface area (Å²) in [6.45, 7) is -3.58. The number of ether oxygens (including phenoxy) is 9. The smallest absolute Gasteiger partial charge is 0.217 e. The minimum Gasteiger partial charge on any atom is -0.394 e. The van der Waals surface area contributed by atoms with Crippen molar-refractivity contribution in [3.8, 4) is 0 Å². The first-order valence-electron chi connectivity index (χ1n) is 18.6. The van der Waals surface area contributed by atoms with Gasteiger partial charge >= 0.3 is 0 Å². The van der Waals surface area contributed by atoms with Gasteiger partial charge in [0.05, 0.1) is 33.0 Å². The van der Waals surface area contributed by atoms with E-state index < -0.39 is 192 Å².